The molecule has 4 aromatic rings. The average molecular weight is 541 g/mol. The summed E-state index contributed by atoms with van der Waals surface area (Å²) in [5, 5.41) is 4.09. The number of nitrogens with zero attached hydrogens (tertiary/aromatic N) is 6. The molecule has 0 atom stereocenters. The second-order valence-corrected chi connectivity index (χ2v) is 10.6. The minimum Gasteiger partial charge on any atom is -0.369 e. The van der Waals surface area contributed by atoms with E-state index in [9.17, 15) is 0 Å². The first kappa shape index (κ1) is 25.4. The van der Waals surface area contributed by atoms with Crippen LogP contribution in [0.25, 0.3) is 23.0 Å². The molecule has 0 amide bonds. The smallest absolute Gasteiger partial charge is 0.229 e. The number of likely N-dealkylation sites (N-methyl/N-ethyl adjacent to an activating group) is 2. The van der Waals surface area contributed by atoms with E-state index in [1.165, 1.54) is 5.69 Å². The Balaban J connectivity index is 1.21. The monoisotopic (exact) mass is 540 g/mol. The molecular weight excluding hydrogens is 508 g/mol. The van der Waals surface area contributed by atoms with Crippen molar-refractivity contribution in [3.05, 3.63) is 76.7 Å². The van der Waals surface area contributed by atoms with Crippen molar-refractivity contribution in [2.45, 2.75) is 13.8 Å². The van der Waals surface area contributed by atoms with Gasteiger partial charge in [-0.2, -0.15) is 4.98 Å². The number of piperazine rings is 1. The van der Waals surface area contributed by atoms with Crippen LogP contribution >= 0.6 is 11.6 Å². The number of nitrogens with one attached hydrogen (secondary N) is 2. The minimum atomic E-state index is 0.590. The lowest BCUT2D eigenvalue weighted by Gasteiger charge is -2.34. The third kappa shape index (κ3) is 5.35. The van der Waals surface area contributed by atoms with Crippen molar-refractivity contribution in [2.24, 2.45) is 0 Å². The molecule has 4 heterocycles. The SMILES string of the molecule is CCN1CC(c2ccc(-c3nc(C)c[nH]3)cc2Cl)=Cc2cnc(Nc3ccc(N4CCN(C)CC4)cc3)nc21. The first-order chi connectivity index (χ1) is 19.0. The fourth-order valence-corrected chi connectivity index (χ4v) is 5.47. The number of imidazole rings is 1. The number of benzene rings is 2. The topological polar surface area (TPSA) is 76.2 Å². The molecule has 2 aromatic heterocycles. The number of anilines is 4. The fourth-order valence-electron chi connectivity index (χ4n) is 5.17. The van der Waals surface area contributed by atoms with Crippen LogP contribution < -0.4 is 15.1 Å². The molecule has 0 radical (unpaired) electrons. The van der Waals surface area contributed by atoms with Gasteiger partial charge in [-0.25, -0.2) is 9.97 Å². The molecule has 2 aliphatic rings. The Hall–Kier alpha value is -3.88. The summed E-state index contributed by atoms with van der Waals surface area (Å²) in [6, 6.07) is 14.6. The van der Waals surface area contributed by atoms with Gasteiger partial charge in [0.25, 0.3) is 0 Å². The summed E-state index contributed by atoms with van der Waals surface area (Å²) >= 11 is 6.77. The standard InChI is InChI=1S/C30H33ClN8/c1-4-38-19-23(26-10-5-21(16-27(26)31)28-32-17-20(2)34-28)15-22-18-33-30(36-29(22)38)35-24-6-8-25(9-7-24)39-13-11-37(3)12-14-39/h5-10,15-18H,4,11-14,19H2,1-3H3,(H,32,34)(H,33,35,36). The van der Waals surface area contributed by atoms with Crippen molar-refractivity contribution in [3.63, 3.8) is 0 Å². The van der Waals surface area contributed by atoms with E-state index in [-0.39, 0.29) is 0 Å². The molecule has 0 aliphatic carbocycles. The van der Waals surface area contributed by atoms with Gasteiger partial charge in [-0.1, -0.05) is 23.7 Å². The molecule has 9 heteroatoms. The van der Waals surface area contributed by atoms with Crippen molar-refractivity contribution >= 4 is 46.4 Å². The van der Waals surface area contributed by atoms with E-state index >= 15 is 0 Å². The van der Waals surface area contributed by atoms with E-state index in [0.717, 1.165) is 84.6 Å². The van der Waals surface area contributed by atoms with Gasteiger partial charge >= 0.3 is 0 Å². The largest absolute Gasteiger partial charge is 0.369 e. The van der Waals surface area contributed by atoms with Gasteiger partial charge in [0, 0.05) is 79.2 Å². The molecule has 0 unspecified atom stereocenters. The van der Waals surface area contributed by atoms with Crippen molar-refractivity contribution in [2.75, 3.05) is 61.4 Å². The van der Waals surface area contributed by atoms with Gasteiger partial charge in [-0.05, 0) is 68.4 Å². The number of rotatable bonds is 6. The highest BCUT2D eigenvalue weighted by atomic mass is 35.5. The quantitative estimate of drug-likeness (QED) is 0.324. The summed E-state index contributed by atoms with van der Waals surface area (Å²) in [6.45, 7) is 9.94. The van der Waals surface area contributed by atoms with Crippen LogP contribution in [0.3, 0.4) is 0 Å². The maximum atomic E-state index is 6.77. The van der Waals surface area contributed by atoms with Crippen LogP contribution in [0, 0.1) is 6.92 Å². The van der Waals surface area contributed by atoms with Gasteiger partial charge in [0.15, 0.2) is 0 Å². The van der Waals surface area contributed by atoms with E-state index in [0.29, 0.717) is 11.0 Å². The van der Waals surface area contributed by atoms with E-state index in [2.05, 4.69) is 91.4 Å². The number of aryl methyl sites for hydroxylation is 1. The van der Waals surface area contributed by atoms with E-state index < -0.39 is 0 Å². The molecule has 1 fully saturated rings. The van der Waals surface area contributed by atoms with Crippen LogP contribution in [0.4, 0.5) is 23.1 Å². The van der Waals surface area contributed by atoms with E-state index in [1.54, 1.807) is 0 Å². The van der Waals surface area contributed by atoms with Crippen LogP contribution in [0.15, 0.2) is 54.9 Å². The van der Waals surface area contributed by atoms with Crippen LogP contribution in [0.1, 0.15) is 23.7 Å². The van der Waals surface area contributed by atoms with Gasteiger partial charge in [-0.15, -0.1) is 0 Å². The maximum absolute atomic E-state index is 6.77. The lowest BCUT2D eigenvalue weighted by atomic mass is 9.98. The predicted molar refractivity (Wildman–Crippen MR) is 161 cm³/mol. The van der Waals surface area contributed by atoms with Gasteiger partial charge in [-0.3, -0.25) is 0 Å². The molecular formula is C30H33ClN8. The number of halogens is 1. The molecule has 0 saturated carbocycles. The van der Waals surface area contributed by atoms with Gasteiger partial charge < -0.3 is 25.0 Å². The fraction of sp³-hybridized carbons (Fsp3) is 0.300. The molecule has 0 bridgehead atoms. The molecule has 200 valence electrons. The Morgan fingerprint density at radius 3 is 2.51 bits per heavy atom. The average Bonchev–Trinajstić information content (AvgIpc) is 3.39. The molecule has 1 saturated heterocycles. The third-order valence-electron chi connectivity index (χ3n) is 7.45. The molecule has 6 rings (SSSR count). The molecule has 0 spiro atoms. The zero-order valence-corrected chi connectivity index (χ0v) is 23.3. The lowest BCUT2D eigenvalue weighted by Crippen LogP contribution is -2.44. The summed E-state index contributed by atoms with van der Waals surface area (Å²) < 4.78 is 0. The maximum Gasteiger partial charge on any atom is 0.229 e. The number of aromatic amines is 1. The van der Waals surface area contributed by atoms with Crippen molar-refractivity contribution in [3.8, 4) is 11.4 Å². The number of fused-ring (bicyclic) bond motifs is 1. The first-order valence-corrected chi connectivity index (χ1v) is 13.8. The highest BCUT2D eigenvalue weighted by Gasteiger charge is 2.22. The van der Waals surface area contributed by atoms with Crippen LogP contribution in [0.5, 0.6) is 0 Å². The molecule has 2 aliphatic heterocycles. The highest BCUT2D eigenvalue weighted by molar-refractivity contribution is 6.33. The summed E-state index contributed by atoms with van der Waals surface area (Å²) in [7, 11) is 2.18. The summed E-state index contributed by atoms with van der Waals surface area (Å²) in [6.07, 6.45) is 5.93. The Bertz CT molecular complexity index is 1500. The number of H-pyrrole nitrogens is 1. The van der Waals surface area contributed by atoms with Crippen LogP contribution in [0.2, 0.25) is 5.02 Å². The first-order valence-electron chi connectivity index (χ1n) is 13.4. The van der Waals surface area contributed by atoms with Crippen LogP contribution in [-0.4, -0.2) is 71.2 Å². The second-order valence-electron chi connectivity index (χ2n) is 10.2. The molecule has 2 aromatic carbocycles. The predicted octanol–water partition coefficient (Wildman–Crippen LogP) is 5.70. The van der Waals surface area contributed by atoms with Crippen LogP contribution in [-0.2, 0) is 0 Å². The molecule has 39 heavy (non-hydrogen) atoms. The number of hydrogen-bond donors (Lipinski definition) is 2. The minimum absolute atomic E-state index is 0.590. The summed E-state index contributed by atoms with van der Waals surface area (Å²) in [5.41, 5.74) is 7.28. The zero-order chi connectivity index (χ0) is 26.9. The van der Waals surface area contributed by atoms with Crippen molar-refractivity contribution in [1.29, 1.82) is 0 Å². The van der Waals surface area contributed by atoms with Crippen molar-refractivity contribution < 1.29 is 0 Å². The second kappa shape index (κ2) is 10.7. The summed E-state index contributed by atoms with van der Waals surface area (Å²) in [5.74, 6) is 2.33. The van der Waals surface area contributed by atoms with E-state index in [4.69, 9.17) is 16.6 Å². The van der Waals surface area contributed by atoms with Gasteiger partial charge in [0.2, 0.25) is 5.95 Å². The highest BCUT2D eigenvalue weighted by Crippen LogP contribution is 2.36. The zero-order valence-electron chi connectivity index (χ0n) is 22.6. The molecule has 8 nitrogen and oxygen atoms in total. The van der Waals surface area contributed by atoms with Gasteiger partial charge in [0.1, 0.15) is 11.6 Å². The number of aromatic nitrogens is 4. The number of hydrogen-bond acceptors (Lipinski definition) is 7. The van der Waals surface area contributed by atoms with Gasteiger partial charge in [0.05, 0.1) is 5.69 Å². The Kier molecular flexibility index (Phi) is 6.97. The van der Waals surface area contributed by atoms with Crippen molar-refractivity contribution in [1.82, 2.24) is 24.8 Å². The normalized spacial score (nSPS) is 15.7. The third-order valence-corrected chi connectivity index (χ3v) is 7.77. The molecule has 2 N–H and O–H groups in total. The Morgan fingerprint density at radius 2 is 1.82 bits per heavy atom. The Labute approximate surface area is 234 Å². The Morgan fingerprint density at radius 1 is 1.03 bits per heavy atom. The lowest BCUT2D eigenvalue weighted by molar-refractivity contribution is 0.313. The van der Waals surface area contributed by atoms with E-state index in [1.807, 2.05) is 25.4 Å². The summed E-state index contributed by atoms with van der Waals surface area (Å²) in [4.78, 5) is 24.3.